The number of hydrogen-bond acceptors (Lipinski definition) is 2. The van der Waals surface area contributed by atoms with Gasteiger partial charge in [0.2, 0.25) is 0 Å². The lowest BCUT2D eigenvalue weighted by Gasteiger charge is -1.97. The lowest BCUT2D eigenvalue weighted by Crippen LogP contribution is -1.95. The number of H-pyrrole nitrogens is 1. The lowest BCUT2D eigenvalue weighted by atomic mass is 10.3. The summed E-state index contributed by atoms with van der Waals surface area (Å²) in [5, 5.41) is 2.99. The van der Waals surface area contributed by atoms with Crippen molar-refractivity contribution in [2.45, 2.75) is 13.3 Å². The van der Waals surface area contributed by atoms with Gasteiger partial charge in [-0.2, -0.15) is 0 Å². The molecule has 0 spiro atoms. The molecule has 0 saturated carbocycles. The van der Waals surface area contributed by atoms with Crippen LogP contribution in [0.2, 0.25) is 0 Å². The molecule has 2 heterocycles. The minimum atomic E-state index is 0.779. The minimum absolute atomic E-state index is 0.779. The Morgan fingerprint density at radius 3 is 3.25 bits per heavy atom. The van der Waals surface area contributed by atoms with Gasteiger partial charge in [-0.15, -0.1) is 0 Å². The first-order valence-electron chi connectivity index (χ1n) is 3.87. The first-order chi connectivity index (χ1) is 5.81. The zero-order valence-corrected chi connectivity index (χ0v) is 7.56. The van der Waals surface area contributed by atoms with Crippen molar-refractivity contribution in [1.82, 2.24) is 14.6 Å². The predicted molar refractivity (Wildman–Crippen MR) is 49.8 cm³/mol. The SMILES string of the molecule is CCc1cc(=S)n2[nH]ccc2n1. The van der Waals surface area contributed by atoms with Crippen LogP contribution < -0.4 is 0 Å². The monoisotopic (exact) mass is 179 g/mol. The van der Waals surface area contributed by atoms with Gasteiger partial charge >= 0.3 is 0 Å². The molecule has 3 nitrogen and oxygen atoms in total. The van der Waals surface area contributed by atoms with Crippen molar-refractivity contribution >= 4 is 17.9 Å². The predicted octanol–water partition coefficient (Wildman–Crippen LogP) is 1.95. The van der Waals surface area contributed by atoms with E-state index in [0.29, 0.717) is 0 Å². The molecule has 0 bridgehead atoms. The molecule has 0 atom stereocenters. The van der Waals surface area contributed by atoms with Crippen LogP contribution in [0.25, 0.3) is 5.65 Å². The number of nitrogens with zero attached hydrogens (tertiary/aromatic N) is 2. The highest BCUT2D eigenvalue weighted by molar-refractivity contribution is 7.71. The minimum Gasteiger partial charge on any atom is -0.299 e. The van der Waals surface area contributed by atoms with Crippen LogP contribution in [0.1, 0.15) is 12.6 Å². The molecule has 2 rings (SSSR count). The summed E-state index contributed by atoms with van der Waals surface area (Å²) in [6.45, 7) is 2.07. The van der Waals surface area contributed by atoms with E-state index in [-0.39, 0.29) is 0 Å². The van der Waals surface area contributed by atoms with Crippen molar-refractivity contribution in [3.05, 3.63) is 28.7 Å². The van der Waals surface area contributed by atoms with E-state index in [9.17, 15) is 0 Å². The molecule has 2 aromatic rings. The summed E-state index contributed by atoms with van der Waals surface area (Å²) in [5.74, 6) is 0. The van der Waals surface area contributed by atoms with Crippen LogP contribution in [-0.4, -0.2) is 14.6 Å². The highest BCUT2D eigenvalue weighted by Crippen LogP contribution is 2.03. The molecule has 4 heteroatoms. The van der Waals surface area contributed by atoms with Gasteiger partial charge in [-0.3, -0.25) is 5.10 Å². The van der Waals surface area contributed by atoms with Crippen molar-refractivity contribution in [2.24, 2.45) is 0 Å². The van der Waals surface area contributed by atoms with E-state index >= 15 is 0 Å². The van der Waals surface area contributed by atoms with E-state index in [2.05, 4.69) is 17.0 Å². The van der Waals surface area contributed by atoms with E-state index in [1.165, 1.54) is 0 Å². The van der Waals surface area contributed by atoms with Crippen molar-refractivity contribution in [3.63, 3.8) is 0 Å². The molecule has 0 amide bonds. The Morgan fingerprint density at radius 1 is 1.67 bits per heavy atom. The zero-order chi connectivity index (χ0) is 8.55. The number of aryl methyl sites for hydroxylation is 1. The summed E-state index contributed by atoms with van der Waals surface area (Å²) < 4.78 is 2.57. The molecule has 62 valence electrons. The summed E-state index contributed by atoms with van der Waals surface area (Å²) in [4.78, 5) is 4.38. The van der Waals surface area contributed by atoms with Crippen LogP contribution in [0.4, 0.5) is 0 Å². The average Bonchev–Trinajstić information content (AvgIpc) is 2.52. The molecule has 0 radical (unpaired) electrons. The van der Waals surface area contributed by atoms with Crippen LogP contribution in [0.15, 0.2) is 18.3 Å². The molecule has 0 aliphatic carbocycles. The highest BCUT2D eigenvalue weighted by atomic mass is 32.1. The number of aromatic nitrogens is 3. The van der Waals surface area contributed by atoms with Crippen LogP contribution >= 0.6 is 12.2 Å². The summed E-state index contributed by atoms with van der Waals surface area (Å²) in [6, 6.07) is 3.83. The van der Waals surface area contributed by atoms with E-state index in [0.717, 1.165) is 22.4 Å². The lowest BCUT2D eigenvalue weighted by molar-refractivity contribution is 0.899. The van der Waals surface area contributed by atoms with Crippen molar-refractivity contribution in [1.29, 1.82) is 0 Å². The van der Waals surface area contributed by atoms with Gasteiger partial charge in [0.05, 0.1) is 0 Å². The normalized spacial score (nSPS) is 10.8. The smallest absolute Gasteiger partial charge is 0.154 e. The Balaban J connectivity index is 2.84. The zero-order valence-electron chi connectivity index (χ0n) is 6.74. The first-order valence-corrected chi connectivity index (χ1v) is 4.28. The van der Waals surface area contributed by atoms with Crippen LogP contribution in [0, 0.1) is 4.64 Å². The molecule has 0 aliphatic rings. The number of nitrogens with one attached hydrogen (secondary N) is 1. The fourth-order valence-corrected chi connectivity index (χ4v) is 1.44. The van der Waals surface area contributed by atoms with Crippen molar-refractivity contribution in [3.8, 4) is 0 Å². The van der Waals surface area contributed by atoms with Crippen LogP contribution in [-0.2, 0) is 6.42 Å². The summed E-state index contributed by atoms with van der Waals surface area (Å²) in [6.07, 6.45) is 2.75. The Kier molecular flexibility index (Phi) is 1.69. The van der Waals surface area contributed by atoms with Crippen LogP contribution in [0.3, 0.4) is 0 Å². The Morgan fingerprint density at radius 2 is 2.50 bits per heavy atom. The third kappa shape index (κ3) is 1.04. The summed E-state index contributed by atoms with van der Waals surface area (Å²) in [7, 11) is 0. The fourth-order valence-electron chi connectivity index (χ4n) is 1.16. The molecule has 12 heavy (non-hydrogen) atoms. The van der Waals surface area contributed by atoms with Gasteiger partial charge in [-0.25, -0.2) is 9.50 Å². The molecular weight excluding hydrogens is 170 g/mol. The summed E-state index contributed by atoms with van der Waals surface area (Å²) >= 11 is 5.15. The van der Waals surface area contributed by atoms with Gasteiger partial charge in [-0.1, -0.05) is 19.1 Å². The standard InChI is InChI=1S/C8H9N3S/c1-2-6-5-8(12)11-7(10-6)3-4-9-11/h3-5,9H,2H2,1H3. The molecule has 2 aromatic heterocycles. The van der Waals surface area contributed by atoms with Gasteiger partial charge in [0.25, 0.3) is 0 Å². The highest BCUT2D eigenvalue weighted by Gasteiger charge is 1.97. The first kappa shape index (κ1) is 7.49. The Bertz CT molecular complexity index is 455. The number of rotatable bonds is 1. The maximum Gasteiger partial charge on any atom is 0.154 e. The second kappa shape index (κ2) is 2.71. The molecule has 0 aliphatic heterocycles. The third-order valence-electron chi connectivity index (χ3n) is 1.80. The van der Waals surface area contributed by atoms with Crippen molar-refractivity contribution in [2.75, 3.05) is 0 Å². The molecule has 0 unspecified atom stereocenters. The largest absolute Gasteiger partial charge is 0.299 e. The summed E-state index contributed by atoms with van der Waals surface area (Å²) in [5.41, 5.74) is 1.93. The van der Waals surface area contributed by atoms with E-state index < -0.39 is 0 Å². The maximum atomic E-state index is 5.15. The fraction of sp³-hybridized carbons (Fsp3) is 0.250. The van der Waals surface area contributed by atoms with E-state index in [1.54, 1.807) is 4.52 Å². The average molecular weight is 179 g/mol. The Hall–Kier alpha value is -1.16. The molecular formula is C8H9N3S. The van der Waals surface area contributed by atoms with Crippen molar-refractivity contribution < 1.29 is 0 Å². The molecule has 0 saturated heterocycles. The second-order valence-electron chi connectivity index (χ2n) is 2.60. The third-order valence-corrected chi connectivity index (χ3v) is 2.10. The molecule has 0 aromatic carbocycles. The second-order valence-corrected chi connectivity index (χ2v) is 3.01. The van der Waals surface area contributed by atoms with Gasteiger partial charge in [0.15, 0.2) is 5.65 Å². The van der Waals surface area contributed by atoms with Gasteiger partial charge in [0, 0.05) is 18.0 Å². The van der Waals surface area contributed by atoms with Gasteiger partial charge in [0.1, 0.15) is 4.64 Å². The number of aromatic amines is 1. The molecule has 1 N–H and O–H groups in total. The maximum absolute atomic E-state index is 5.15. The van der Waals surface area contributed by atoms with E-state index in [4.69, 9.17) is 12.2 Å². The van der Waals surface area contributed by atoms with E-state index in [1.807, 2.05) is 18.3 Å². The number of hydrogen-bond donors (Lipinski definition) is 1. The molecule has 0 fully saturated rings. The van der Waals surface area contributed by atoms with Crippen LogP contribution in [0.5, 0.6) is 0 Å². The van der Waals surface area contributed by atoms with Gasteiger partial charge < -0.3 is 0 Å². The quantitative estimate of drug-likeness (QED) is 0.679. The topological polar surface area (TPSA) is 33.1 Å². The number of fused-ring (bicyclic) bond motifs is 1. The van der Waals surface area contributed by atoms with Gasteiger partial charge in [-0.05, 0) is 12.5 Å². The Labute approximate surface area is 75.0 Å².